The summed E-state index contributed by atoms with van der Waals surface area (Å²) in [4.78, 5) is 27.5. The zero-order chi connectivity index (χ0) is 22.4. The Kier molecular flexibility index (Phi) is 7.29. The standard InChI is InChI=1S/C18H20N2O4.C2HF3O2/c21-18(16-4-2-9-22-16)20-8-10-23-17-14(20)5-6-15(17)24-12-13-3-1-7-19-11-13;3-2(4,5)1(6)7/h1-4,7,9,11,14-15,17H,5-6,8,10,12H2;(H,6,7)/t14-,15+,17+;/m0./s1. The lowest BCUT2D eigenvalue weighted by molar-refractivity contribution is -0.192. The summed E-state index contributed by atoms with van der Waals surface area (Å²) in [5, 5.41) is 7.12. The Labute approximate surface area is 175 Å². The minimum atomic E-state index is -5.08. The number of carbonyl (C=O) groups excluding carboxylic acids is 1. The maximum atomic E-state index is 12.6. The minimum Gasteiger partial charge on any atom is -0.475 e. The second-order valence-corrected chi connectivity index (χ2v) is 6.97. The van der Waals surface area contributed by atoms with Gasteiger partial charge in [-0.2, -0.15) is 13.2 Å². The predicted molar refractivity (Wildman–Crippen MR) is 99.0 cm³/mol. The van der Waals surface area contributed by atoms with E-state index in [2.05, 4.69) is 4.98 Å². The van der Waals surface area contributed by atoms with Gasteiger partial charge in [0.25, 0.3) is 5.91 Å². The first-order chi connectivity index (χ1) is 14.8. The third-order valence-electron chi connectivity index (χ3n) is 4.96. The lowest BCUT2D eigenvalue weighted by atomic mass is 10.1. The molecule has 1 saturated heterocycles. The normalized spacial score (nSPS) is 22.9. The van der Waals surface area contributed by atoms with Crippen molar-refractivity contribution in [3.8, 4) is 0 Å². The Balaban J connectivity index is 0.000000339. The van der Waals surface area contributed by atoms with Gasteiger partial charge in [0.15, 0.2) is 5.76 Å². The molecule has 1 aliphatic carbocycles. The number of halogens is 3. The number of pyridine rings is 1. The number of hydrogen-bond acceptors (Lipinski definition) is 6. The molecule has 0 bridgehead atoms. The second kappa shape index (κ2) is 9.92. The number of nitrogens with zero attached hydrogens (tertiary/aromatic N) is 2. The van der Waals surface area contributed by atoms with E-state index in [9.17, 15) is 18.0 Å². The molecule has 2 fully saturated rings. The van der Waals surface area contributed by atoms with E-state index in [0.29, 0.717) is 25.5 Å². The first-order valence-electron chi connectivity index (χ1n) is 9.54. The summed E-state index contributed by atoms with van der Waals surface area (Å²) in [6, 6.07) is 7.39. The number of carboxylic acids is 1. The third kappa shape index (κ3) is 5.82. The van der Waals surface area contributed by atoms with Crippen LogP contribution in [0.4, 0.5) is 13.2 Å². The first kappa shape index (κ1) is 22.8. The van der Waals surface area contributed by atoms with Crippen LogP contribution in [0.15, 0.2) is 47.3 Å². The maximum absolute atomic E-state index is 12.6. The number of carboxylic acid groups (broad SMARTS) is 1. The summed E-state index contributed by atoms with van der Waals surface area (Å²) < 4.78 is 49.0. The van der Waals surface area contributed by atoms with Gasteiger partial charge in [0.2, 0.25) is 0 Å². The van der Waals surface area contributed by atoms with Gasteiger partial charge in [0, 0.05) is 18.9 Å². The number of hydrogen-bond donors (Lipinski definition) is 1. The van der Waals surface area contributed by atoms with Gasteiger partial charge in [-0.15, -0.1) is 0 Å². The average molecular weight is 442 g/mol. The van der Waals surface area contributed by atoms with Crippen molar-refractivity contribution in [1.82, 2.24) is 9.88 Å². The zero-order valence-corrected chi connectivity index (χ0v) is 16.3. The number of morpholine rings is 1. The van der Waals surface area contributed by atoms with Crippen molar-refractivity contribution in [3.63, 3.8) is 0 Å². The number of rotatable bonds is 4. The van der Waals surface area contributed by atoms with Crippen LogP contribution < -0.4 is 0 Å². The Bertz CT molecular complexity index is 860. The van der Waals surface area contributed by atoms with Crippen molar-refractivity contribution in [2.24, 2.45) is 0 Å². The third-order valence-corrected chi connectivity index (χ3v) is 4.96. The monoisotopic (exact) mass is 442 g/mol. The molecule has 0 aromatic carbocycles. The van der Waals surface area contributed by atoms with Crippen LogP contribution in [0.2, 0.25) is 0 Å². The highest BCUT2D eigenvalue weighted by Crippen LogP contribution is 2.33. The van der Waals surface area contributed by atoms with Crippen LogP contribution >= 0.6 is 0 Å². The van der Waals surface area contributed by atoms with Crippen molar-refractivity contribution in [3.05, 3.63) is 54.2 Å². The van der Waals surface area contributed by atoms with E-state index in [1.165, 1.54) is 6.26 Å². The van der Waals surface area contributed by atoms with E-state index in [-0.39, 0.29) is 24.2 Å². The summed E-state index contributed by atoms with van der Waals surface area (Å²) in [7, 11) is 0. The molecule has 31 heavy (non-hydrogen) atoms. The summed E-state index contributed by atoms with van der Waals surface area (Å²) in [5.41, 5.74) is 1.04. The number of aliphatic carboxylic acids is 1. The molecule has 0 radical (unpaired) electrons. The molecule has 1 saturated carbocycles. The fourth-order valence-corrected chi connectivity index (χ4v) is 3.57. The SMILES string of the molecule is O=C(O)C(F)(F)F.O=C(c1ccco1)N1CCO[C@H]2[C@H](OCc3cccnc3)CC[C@@H]21. The molecule has 1 amide bonds. The molecule has 168 valence electrons. The summed E-state index contributed by atoms with van der Waals surface area (Å²) in [6.45, 7) is 1.63. The van der Waals surface area contributed by atoms with Gasteiger partial charge in [0.05, 0.1) is 31.6 Å². The highest BCUT2D eigenvalue weighted by molar-refractivity contribution is 5.91. The molecule has 2 aliphatic rings. The number of amides is 1. The van der Waals surface area contributed by atoms with Crippen molar-refractivity contribution in [1.29, 1.82) is 0 Å². The second-order valence-electron chi connectivity index (χ2n) is 6.97. The highest BCUT2D eigenvalue weighted by Gasteiger charge is 2.45. The molecule has 8 nitrogen and oxygen atoms in total. The van der Waals surface area contributed by atoms with E-state index in [0.717, 1.165) is 18.4 Å². The first-order valence-corrected chi connectivity index (χ1v) is 9.54. The van der Waals surface area contributed by atoms with Crippen LogP contribution in [-0.2, 0) is 20.9 Å². The molecule has 4 rings (SSSR count). The van der Waals surface area contributed by atoms with Crippen molar-refractivity contribution < 1.29 is 41.8 Å². The smallest absolute Gasteiger partial charge is 0.475 e. The van der Waals surface area contributed by atoms with Gasteiger partial charge >= 0.3 is 12.1 Å². The van der Waals surface area contributed by atoms with Crippen molar-refractivity contribution in [2.75, 3.05) is 13.2 Å². The van der Waals surface area contributed by atoms with Crippen molar-refractivity contribution in [2.45, 2.75) is 43.9 Å². The Hall–Kier alpha value is -2.92. The topological polar surface area (TPSA) is 102 Å². The zero-order valence-electron chi connectivity index (χ0n) is 16.3. The number of fused-ring (bicyclic) bond motifs is 1. The van der Waals surface area contributed by atoms with Gasteiger partial charge in [-0.3, -0.25) is 9.78 Å². The molecule has 1 aliphatic heterocycles. The number of carbonyl (C=O) groups is 2. The minimum absolute atomic E-state index is 0.00223. The number of aromatic nitrogens is 1. The largest absolute Gasteiger partial charge is 0.490 e. The Morgan fingerprint density at radius 1 is 1.26 bits per heavy atom. The van der Waals surface area contributed by atoms with Gasteiger partial charge in [-0.05, 0) is 36.6 Å². The van der Waals surface area contributed by atoms with Gasteiger partial charge in [0.1, 0.15) is 6.10 Å². The lowest BCUT2D eigenvalue weighted by Crippen LogP contribution is -2.53. The van der Waals surface area contributed by atoms with E-state index in [1.807, 2.05) is 17.0 Å². The average Bonchev–Trinajstić information content (AvgIpc) is 3.42. The number of ether oxygens (including phenoxy) is 2. The van der Waals surface area contributed by atoms with E-state index in [4.69, 9.17) is 23.8 Å². The highest BCUT2D eigenvalue weighted by atomic mass is 19.4. The van der Waals surface area contributed by atoms with Crippen LogP contribution in [0.25, 0.3) is 0 Å². The summed E-state index contributed by atoms with van der Waals surface area (Å²) >= 11 is 0. The predicted octanol–water partition coefficient (Wildman–Crippen LogP) is 2.90. The van der Waals surface area contributed by atoms with Crippen molar-refractivity contribution >= 4 is 11.9 Å². The lowest BCUT2D eigenvalue weighted by Gasteiger charge is -2.38. The van der Waals surface area contributed by atoms with Crippen LogP contribution in [-0.4, -0.2) is 64.4 Å². The van der Waals surface area contributed by atoms with Gasteiger partial charge < -0.3 is 23.9 Å². The molecule has 3 heterocycles. The summed E-state index contributed by atoms with van der Waals surface area (Å²) in [6.07, 6.45) is 1.70. The van der Waals surface area contributed by atoms with Gasteiger partial charge in [-0.25, -0.2) is 4.79 Å². The Morgan fingerprint density at radius 3 is 2.65 bits per heavy atom. The van der Waals surface area contributed by atoms with E-state index < -0.39 is 12.1 Å². The fourth-order valence-electron chi connectivity index (χ4n) is 3.57. The quantitative estimate of drug-likeness (QED) is 0.777. The maximum Gasteiger partial charge on any atom is 0.490 e. The number of furan rings is 1. The van der Waals surface area contributed by atoms with E-state index >= 15 is 0 Å². The molecule has 0 spiro atoms. The molecule has 2 aromatic heterocycles. The molecule has 2 aromatic rings. The van der Waals surface area contributed by atoms with Crippen LogP contribution in [0, 0.1) is 0 Å². The number of alkyl halides is 3. The molecular weight excluding hydrogens is 421 g/mol. The molecule has 3 atom stereocenters. The Morgan fingerprint density at radius 2 is 2.03 bits per heavy atom. The molecule has 1 N–H and O–H groups in total. The molecule has 11 heteroatoms. The van der Waals surface area contributed by atoms with Crippen LogP contribution in [0.1, 0.15) is 29.0 Å². The van der Waals surface area contributed by atoms with E-state index in [1.54, 1.807) is 24.5 Å². The fraction of sp³-hybridized carbons (Fsp3) is 0.450. The molecular formula is C20H21F3N2O6. The van der Waals surface area contributed by atoms with Crippen LogP contribution in [0.5, 0.6) is 0 Å². The molecule has 0 unspecified atom stereocenters. The van der Waals surface area contributed by atoms with Gasteiger partial charge in [-0.1, -0.05) is 6.07 Å². The summed E-state index contributed by atoms with van der Waals surface area (Å²) in [5.74, 6) is -2.44. The van der Waals surface area contributed by atoms with Crippen LogP contribution in [0.3, 0.4) is 0 Å².